The summed E-state index contributed by atoms with van der Waals surface area (Å²) in [5.41, 5.74) is 0. The highest BCUT2D eigenvalue weighted by Crippen LogP contribution is 2.29. The van der Waals surface area contributed by atoms with Crippen molar-refractivity contribution in [2.75, 3.05) is 13.2 Å². The van der Waals surface area contributed by atoms with E-state index in [9.17, 15) is 0 Å². The third kappa shape index (κ3) is 3.25. The van der Waals surface area contributed by atoms with Crippen molar-refractivity contribution in [2.24, 2.45) is 0 Å². The number of benzene rings is 1. The van der Waals surface area contributed by atoms with Crippen molar-refractivity contribution in [3.05, 3.63) is 54.6 Å². The molecule has 0 radical (unpaired) electrons. The van der Waals surface area contributed by atoms with Gasteiger partial charge in [0, 0.05) is 13.2 Å². The number of ether oxygens (including phenoxy) is 3. The molecule has 1 aromatic rings. The summed E-state index contributed by atoms with van der Waals surface area (Å²) in [6.45, 7) is 5.07. The summed E-state index contributed by atoms with van der Waals surface area (Å²) in [5, 5.41) is 0. The number of para-hydroxylation sites is 1. The first kappa shape index (κ1) is 13.8. The van der Waals surface area contributed by atoms with Crippen molar-refractivity contribution in [1.82, 2.24) is 0 Å². The number of hydrogen-bond donors (Lipinski definition) is 0. The minimum Gasteiger partial charge on any atom is -0.455 e. The predicted octanol–water partition coefficient (Wildman–Crippen LogP) is 3.33. The van der Waals surface area contributed by atoms with E-state index in [4.69, 9.17) is 14.2 Å². The molecule has 0 saturated heterocycles. The van der Waals surface area contributed by atoms with E-state index >= 15 is 0 Å². The Kier molecular flexibility index (Phi) is 4.77. The van der Waals surface area contributed by atoms with Gasteiger partial charge in [-0.1, -0.05) is 30.4 Å². The van der Waals surface area contributed by atoms with Gasteiger partial charge in [0.15, 0.2) is 0 Å². The maximum atomic E-state index is 6.06. The van der Waals surface area contributed by atoms with Crippen LogP contribution in [0.4, 0.5) is 0 Å². The molecule has 2 rings (SSSR count). The van der Waals surface area contributed by atoms with Gasteiger partial charge in [0.1, 0.15) is 11.9 Å². The summed E-state index contributed by atoms with van der Waals surface area (Å²) >= 11 is 0. The molecule has 0 aromatic heterocycles. The second kappa shape index (κ2) is 6.55. The smallest absolute Gasteiger partial charge is 0.260 e. The van der Waals surface area contributed by atoms with E-state index in [1.165, 1.54) is 0 Å². The van der Waals surface area contributed by atoms with Gasteiger partial charge in [0.25, 0.3) is 5.79 Å². The van der Waals surface area contributed by atoms with Gasteiger partial charge in [-0.15, -0.1) is 0 Å². The first-order valence-electron chi connectivity index (χ1n) is 6.66. The van der Waals surface area contributed by atoms with Crippen LogP contribution in [0.2, 0.25) is 0 Å². The molecule has 3 nitrogen and oxygen atoms in total. The highest BCUT2D eigenvalue weighted by molar-refractivity contribution is 5.27. The quantitative estimate of drug-likeness (QED) is 0.734. The summed E-state index contributed by atoms with van der Waals surface area (Å²) in [6.07, 6.45) is 7.49. The van der Waals surface area contributed by atoms with E-state index in [1.807, 2.05) is 68.5 Å². The van der Waals surface area contributed by atoms with Gasteiger partial charge in [-0.3, -0.25) is 0 Å². The lowest BCUT2D eigenvalue weighted by molar-refractivity contribution is -0.203. The van der Waals surface area contributed by atoms with E-state index in [1.54, 1.807) is 0 Å². The normalized spacial score (nSPS) is 25.5. The molecule has 0 amide bonds. The van der Waals surface area contributed by atoms with Crippen LogP contribution in [0.15, 0.2) is 54.6 Å². The fourth-order valence-corrected chi connectivity index (χ4v) is 2.09. The molecule has 19 heavy (non-hydrogen) atoms. The summed E-state index contributed by atoms with van der Waals surface area (Å²) in [4.78, 5) is 0. The molecule has 1 aliphatic carbocycles. The molecular weight excluding hydrogens is 240 g/mol. The van der Waals surface area contributed by atoms with Gasteiger partial charge in [0.2, 0.25) is 0 Å². The second-order valence-electron chi connectivity index (χ2n) is 4.19. The summed E-state index contributed by atoms with van der Waals surface area (Å²) < 4.78 is 17.7. The van der Waals surface area contributed by atoms with E-state index in [2.05, 4.69) is 0 Å². The average Bonchev–Trinajstić information content (AvgIpc) is 2.43. The van der Waals surface area contributed by atoms with Crippen LogP contribution in [-0.4, -0.2) is 25.1 Å². The molecule has 0 fully saturated rings. The highest BCUT2D eigenvalue weighted by atomic mass is 16.7. The summed E-state index contributed by atoms with van der Waals surface area (Å²) in [7, 11) is 0. The van der Waals surface area contributed by atoms with Crippen LogP contribution in [0.25, 0.3) is 0 Å². The molecule has 0 saturated carbocycles. The molecule has 3 heteroatoms. The molecular formula is C16H20O3. The monoisotopic (exact) mass is 260 g/mol. The Hall–Kier alpha value is -1.58. The van der Waals surface area contributed by atoms with Crippen LogP contribution in [0.3, 0.4) is 0 Å². The molecule has 1 aliphatic rings. The van der Waals surface area contributed by atoms with E-state index < -0.39 is 5.79 Å². The van der Waals surface area contributed by atoms with Crippen LogP contribution in [0.5, 0.6) is 5.75 Å². The van der Waals surface area contributed by atoms with Gasteiger partial charge in [-0.05, 0) is 38.1 Å². The fourth-order valence-electron chi connectivity index (χ4n) is 2.09. The molecule has 0 aliphatic heterocycles. The summed E-state index contributed by atoms with van der Waals surface area (Å²) in [6, 6.07) is 9.66. The van der Waals surface area contributed by atoms with Crippen molar-refractivity contribution < 1.29 is 14.2 Å². The first-order chi connectivity index (χ1) is 9.30. The zero-order chi connectivity index (χ0) is 13.6. The maximum Gasteiger partial charge on any atom is 0.260 e. The fraction of sp³-hybridized carbons (Fsp3) is 0.375. The van der Waals surface area contributed by atoms with Crippen molar-refractivity contribution in [3.63, 3.8) is 0 Å². The van der Waals surface area contributed by atoms with Crippen molar-refractivity contribution in [2.45, 2.75) is 25.7 Å². The van der Waals surface area contributed by atoms with Gasteiger partial charge < -0.3 is 14.2 Å². The lowest BCUT2D eigenvalue weighted by Crippen LogP contribution is -2.50. The zero-order valence-electron chi connectivity index (χ0n) is 11.4. The third-order valence-electron chi connectivity index (χ3n) is 2.86. The molecule has 0 spiro atoms. The number of allylic oxidation sites excluding steroid dienone is 2. The Bertz CT molecular complexity index is 439. The second-order valence-corrected chi connectivity index (χ2v) is 4.19. The minimum absolute atomic E-state index is 0.248. The third-order valence-corrected chi connectivity index (χ3v) is 2.86. The Morgan fingerprint density at radius 3 is 2.53 bits per heavy atom. The van der Waals surface area contributed by atoms with E-state index in [0.717, 1.165) is 5.75 Å². The van der Waals surface area contributed by atoms with Gasteiger partial charge in [0.05, 0.1) is 0 Å². The van der Waals surface area contributed by atoms with Crippen molar-refractivity contribution in [3.8, 4) is 5.75 Å². The van der Waals surface area contributed by atoms with Crippen LogP contribution in [-0.2, 0) is 9.47 Å². The number of hydrogen-bond acceptors (Lipinski definition) is 3. The Labute approximate surface area is 114 Å². The Morgan fingerprint density at radius 2 is 1.84 bits per heavy atom. The maximum absolute atomic E-state index is 6.06. The lowest BCUT2D eigenvalue weighted by atomic mass is 10.0. The minimum atomic E-state index is -0.888. The van der Waals surface area contributed by atoms with E-state index in [0.29, 0.717) is 13.2 Å². The highest BCUT2D eigenvalue weighted by Gasteiger charge is 2.40. The van der Waals surface area contributed by atoms with E-state index in [-0.39, 0.29) is 6.10 Å². The molecule has 102 valence electrons. The Morgan fingerprint density at radius 1 is 1.05 bits per heavy atom. The Balaban J connectivity index is 2.25. The standard InChI is InChI=1S/C16H20O3/c1-3-17-15-12-8-9-13-16(15,18-4-2)19-14-10-6-5-7-11-14/h5-13,15H,3-4H2,1-2H3. The average molecular weight is 260 g/mol. The summed E-state index contributed by atoms with van der Waals surface area (Å²) in [5.74, 6) is -0.124. The molecule has 0 N–H and O–H groups in total. The van der Waals surface area contributed by atoms with Crippen molar-refractivity contribution >= 4 is 0 Å². The lowest BCUT2D eigenvalue weighted by Gasteiger charge is -2.37. The van der Waals surface area contributed by atoms with Crippen molar-refractivity contribution in [1.29, 1.82) is 0 Å². The SMILES string of the molecule is CCOC1C=CC=CC1(OCC)Oc1ccccc1. The molecule has 2 unspecified atom stereocenters. The van der Waals surface area contributed by atoms with Crippen LogP contribution >= 0.6 is 0 Å². The van der Waals surface area contributed by atoms with Crippen LogP contribution < -0.4 is 4.74 Å². The molecule has 0 heterocycles. The zero-order valence-corrected chi connectivity index (χ0v) is 11.4. The molecule has 0 bridgehead atoms. The molecule has 2 atom stereocenters. The predicted molar refractivity (Wildman–Crippen MR) is 75.1 cm³/mol. The van der Waals surface area contributed by atoms with Gasteiger partial charge in [-0.25, -0.2) is 0 Å². The topological polar surface area (TPSA) is 27.7 Å². The van der Waals surface area contributed by atoms with Gasteiger partial charge in [-0.2, -0.15) is 0 Å². The van der Waals surface area contributed by atoms with Gasteiger partial charge >= 0.3 is 0 Å². The first-order valence-corrected chi connectivity index (χ1v) is 6.66. The number of rotatable bonds is 6. The van der Waals surface area contributed by atoms with Crippen LogP contribution in [0.1, 0.15) is 13.8 Å². The molecule has 1 aromatic carbocycles. The van der Waals surface area contributed by atoms with Crippen LogP contribution in [0, 0.1) is 0 Å². The largest absolute Gasteiger partial charge is 0.455 e.